The number of para-hydroxylation sites is 2. The Morgan fingerprint density at radius 2 is 1.60 bits per heavy atom. The molecule has 1 aliphatic rings. The largest absolute Gasteiger partial charge is 0.342 e. The van der Waals surface area contributed by atoms with E-state index in [4.69, 9.17) is 4.98 Å². The molecular weight excluding hydrogens is 440 g/mol. The van der Waals surface area contributed by atoms with Crippen LogP contribution in [-0.4, -0.2) is 37.6 Å². The lowest BCUT2D eigenvalue weighted by molar-refractivity contribution is -0.384. The molecule has 0 N–H and O–H groups in total. The van der Waals surface area contributed by atoms with Gasteiger partial charge in [0.1, 0.15) is 0 Å². The van der Waals surface area contributed by atoms with Crippen LogP contribution in [0.3, 0.4) is 0 Å². The first-order valence-corrected chi connectivity index (χ1v) is 11.9. The van der Waals surface area contributed by atoms with Gasteiger partial charge < -0.3 is 4.90 Å². The molecule has 8 heteroatoms. The van der Waals surface area contributed by atoms with Crippen LogP contribution in [0.2, 0.25) is 0 Å². The molecule has 1 aliphatic heterocycles. The maximum Gasteiger partial charge on any atom is 0.280 e. The fourth-order valence-electron chi connectivity index (χ4n) is 5.06. The van der Waals surface area contributed by atoms with Crippen molar-refractivity contribution in [2.24, 2.45) is 5.92 Å². The van der Waals surface area contributed by atoms with Crippen molar-refractivity contribution in [2.75, 3.05) is 18.0 Å². The van der Waals surface area contributed by atoms with Gasteiger partial charge in [0.05, 0.1) is 16.0 Å². The highest BCUT2D eigenvalue weighted by Gasteiger charge is 2.27. The number of anilines is 1. The van der Waals surface area contributed by atoms with Crippen molar-refractivity contribution < 1.29 is 4.92 Å². The zero-order chi connectivity index (χ0) is 23.8. The fraction of sp³-hybridized carbons (Fsp3) is 0.222. The predicted octanol–water partition coefficient (Wildman–Crippen LogP) is 5.31. The summed E-state index contributed by atoms with van der Waals surface area (Å²) in [6.45, 7) is 1.71. The van der Waals surface area contributed by atoms with Crippen molar-refractivity contribution in [3.8, 4) is 11.4 Å². The number of benzene rings is 3. The van der Waals surface area contributed by atoms with Gasteiger partial charge in [-0.05, 0) is 48.9 Å². The molecule has 2 aromatic heterocycles. The molecule has 174 valence electrons. The fourth-order valence-corrected chi connectivity index (χ4v) is 5.06. The number of hydrogen-bond donors (Lipinski definition) is 0. The number of nitrogens with zero attached hydrogens (tertiary/aromatic N) is 6. The van der Waals surface area contributed by atoms with Crippen LogP contribution in [-0.2, 0) is 6.42 Å². The maximum absolute atomic E-state index is 11.8. The van der Waals surface area contributed by atoms with Gasteiger partial charge in [-0.3, -0.25) is 10.1 Å². The highest BCUT2D eigenvalue weighted by Crippen LogP contribution is 2.34. The summed E-state index contributed by atoms with van der Waals surface area (Å²) < 4.78 is 1.89. The van der Waals surface area contributed by atoms with Gasteiger partial charge in [0, 0.05) is 24.5 Å². The lowest BCUT2D eigenvalue weighted by Gasteiger charge is -2.33. The molecule has 35 heavy (non-hydrogen) atoms. The Balaban J connectivity index is 1.42. The summed E-state index contributed by atoms with van der Waals surface area (Å²) in [4.78, 5) is 18.7. The van der Waals surface area contributed by atoms with Crippen LogP contribution in [0.15, 0.2) is 78.9 Å². The standard InChI is InChI=1S/C27H24N6O2/c34-33(35)24-13-7-5-11-22(24)26-30-29-25-21-10-4-6-12-23(21)28-27(32(25)26)31-16-14-20(15-17-31)18-19-8-2-1-3-9-19/h1-13,20H,14-18H2. The van der Waals surface area contributed by atoms with E-state index in [0.717, 1.165) is 49.2 Å². The minimum Gasteiger partial charge on any atom is -0.342 e. The minimum atomic E-state index is -0.375. The number of nitro groups is 1. The van der Waals surface area contributed by atoms with Crippen molar-refractivity contribution >= 4 is 28.2 Å². The van der Waals surface area contributed by atoms with Gasteiger partial charge in [0.25, 0.3) is 5.69 Å². The average molecular weight is 465 g/mol. The molecule has 0 saturated carbocycles. The Morgan fingerprint density at radius 1 is 0.886 bits per heavy atom. The van der Waals surface area contributed by atoms with Crippen LogP contribution in [0.1, 0.15) is 18.4 Å². The number of nitro benzene ring substituents is 1. The van der Waals surface area contributed by atoms with Gasteiger partial charge in [-0.2, -0.15) is 0 Å². The summed E-state index contributed by atoms with van der Waals surface area (Å²) >= 11 is 0. The molecule has 3 aromatic carbocycles. The molecule has 0 spiro atoms. The maximum atomic E-state index is 11.8. The van der Waals surface area contributed by atoms with E-state index in [9.17, 15) is 10.1 Å². The number of aromatic nitrogens is 4. The van der Waals surface area contributed by atoms with E-state index in [1.54, 1.807) is 18.2 Å². The predicted molar refractivity (Wildman–Crippen MR) is 135 cm³/mol. The third kappa shape index (κ3) is 3.86. The molecule has 3 heterocycles. The van der Waals surface area contributed by atoms with Gasteiger partial charge in [-0.1, -0.05) is 54.6 Å². The highest BCUT2D eigenvalue weighted by molar-refractivity contribution is 5.93. The van der Waals surface area contributed by atoms with Crippen molar-refractivity contribution in [1.82, 2.24) is 19.6 Å². The van der Waals surface area contributed by atoms with E-state index in [2.05, 4.69) is 45.4 Å². The molecule has 0 radical (unpaired) electrons. The van der Waals surface area contributed by atoms with Gasteiger partial charge in [0.15, 0.2) is 11.5 Å². The van der Waals surface area contributed by atoms with E-state index >= 15 is 0 Å². The molecule has 0 aliphatic carbocycles. The van der Waals surface area contributed by atoms with Gasteiger partial charge in [0.2, 0.25) is 5.95 Å². The lowest BCUT2D eigenvalue weighted by atomic mass is 9.90. The molecule has 5 aromatic rings. The van der Waals surface area contributed by atoms with Crippen LogP contribution in [0.4, 0.5) is 11.6 Å². The first-order chi connectivity index (χ1) is 17.2. The zero-order valence-electron chi connectivity index (χ0n) is 19.1. The quantitative estimate of drug-likeness (QED) is 0.259. The van der Waals surface area contributed by atoms with Crippen LogP contribution in [0.5, 0.6) is 0 Å². The third-order valence-corrected chi connectivity index (χ3v) is 6.83. The normalized spacial score (nSPS) is 14.6. The van der Waals surface area contributed by atoms with Crippen LogP contribution < -0.4 is 4.90 Å². The summed E-state index contributed by atoms with van der Waals surface area (Å²) in [5.74, 6) is 1.78. The van der Waals surface area contributed by atoms with E-state index in [1.807, 2.05) is 28.7 Å². The van der Waals surface area contributed by atoms with Crippen molar-refractivity contribution in [1.29, 1.82) is 0 Å². The summed E-state index contributed by atoms with van der Waals surface area (Å²) in [6.07, 6.45) is 3.17. The smallest absolute Gasteiger partial charge is 0.280 e. The topological polar surface area (TPSA) is 89.5 Å². The molecule has 0 atom stereocenters. The van der Waals surface area contributed by atoms with Crippen LogP contribution >= 0.6 is 0 Å². The SMILES string of the molecule is O=[N+]([O-])c1ccccc1-c1nnc2c3ccccc3nc(N3CCC(Cc4ccccc4)CC3)n12. The summed E-state index contributed by atoms with van der Waals surface area (Å²) in [7, 11) is 0. The lowest BCUT2D eigenvalue weighted by Crippen LogP contribution is -2.36. The monoisotopic (exact) mass is 464 g/mol. The number of fused-ring (bicyclic) bond motifs is 3. The third-order valence-electron chi connectivity index (χ3n) is 6.83. The zero-order valence-corrected chi connectivity index (χ0v) is 19.1. The van der Waals surface area contributed by atoms with E-state index in [-0.39, 0.29) is 10.6 Å². The Hall–Kier alpha value is -4.33. The van der Waals surface area contributed by atoms with Crippen molar-refractivity contribution in [2.45, 2.75) is 19.3 Å². The van der Waals surface area contributed by atoms with Crippen LogP contribution in [0.25, 0.3) is 27.9 Å². The number of piperidine rings is 1. The van der Waals surface area contributed by atoms with Gasteiger partial charge >= 0.3 is 0 Å². The van der Waals surface area contributed by atoms with E-state index in [1.165, 1.54) is 11.6 Å². The van der Waals surface area contributed by atoms with Gasteiger partial charge in [-0.15, -0.1) is 10.2 Å². The average Bonchev–Trinajstić information content (AvgIpc) is 3.35. The highest BCUT2D eigenvalue weighted by atomic mass is 16.6. The number of rotatable bonds is 5. The molecule has 0 unspecified atom stereocenters. The first-order valence-electron chi connectivity index (χ1n) is 11.9. The van der Waals surface area contributed by atoms with Crippen molar-refractivity contribution in [3.05, 3.63) is 94.5 Å². The molecular formula is C27H24N6O2. The Kier molecular flexibility index (Phi) is 5.33. The molecule has 0 amide bonds. The van der Waals surface area contributed by atoms with Crippen LogP contribution in [0, 0.1) is 16.0 Å². The molecule has 0 bridgehead atoms. The molecule has 8 nitrogen and oxygen atoms in total. The van der Waals surface area contributed by atoms with E-state index in [0.29, 0.717) is 23.0 Å². The minimum absolute atomic E-state index is 0.00229. The molecule has 1 fully saturated rings. The summed E-state index contributed by atoms with van der Waals surface area (Å²) in [5, 5.41) is 21.5. The van der Waals surface area contributed by atoms with Crippen molar-refractivity contribution in [3.63, 3.8) is 0 Å². The Bertz CT molecular complexity index is 1520. The number of hydrogen-bond acceptors (Lipinski definition) is 6. The first kappa shape index (κ1) is 21.2. The second-order valence-electron chi connectivity index (χ2n) is 9.01. The Morgan fingerprint density at radius 3 is 2.40 bits per heavy atom. The van der Waals surface area contributed by atoms with E-state index < -0.39 is 0 Å². The second-order valence-corrected chi connectivity index (χ2v) is 9.01. The summed E-state index contributed by atoms with van der Waals surface area (Å²) in [6, 6.07) is 25.1. The van der Waals surface area contributed by atoms with Gasteiger partial charge in [-0.25, -0.2) is 9.38 Å². The second kappa shape index (κ2) is 8.79. The Labute approximate surface area is 202 Å². The summed E-state index contributed by atoms with van der Waals surface area (Å²) in [5.41, 5.74) is 3.30. The molecule has 1 saturated heterocycles. The molecule has 6 rings (SSSR count).